The molecule has 1 fully saturated rings. The van der Waals surface area contributed by atoms with Crippen molar-refractivity contribution in [3.63, 3.8) is 0 Å². The highest BCUT2D eigenvalue weighted by molar-refractivity contribution is 5.85. The van der Waals surface area contributed by atoms with Crippen molar-refractivity contribution in [1.29, 1.82) is 0 Å². The Morgan fingerprint density at radius 2 is 1.85 bits per heavy atom. The van der Waals surface area contributed by atoms with Crippen LogP contribution in [0.25, 0.3) is 11.1 Å². The predicted octanol–water partition coefficient (Wildman–Crippen LogP) is 3.46. The van der Waals surface area contributed by atoms with Gasteiger partial charge in [-0.2, -0.15) is 0 Å². The maximum atomic E-state index is 11.1. The summed E-state index contributed by atoms with van der Waals surface area (Å²) in [4.78, 5) is 11.1. The molecular weight excluding hydrogens is 274 g/mol. The first-order valence-electron chi connectivity index (χ1n) is 6.46. The summed E-state index contributed by atoms with van der Waals surface area (Å²) in [6, 6.07) is 14.9. The van der Waals surface area contributed by atoms with E-state index in [4.69, 9.17) is 4.74 Å². The summed E-state index contributed by atoms with van der Waals surface area (Å²) in [5, 5.41) is 2.82. The molecule has 0 spiro atoms. The van der Waals surface area contributed by atoms with Gasteiger partial charge in [0.05, 0.1) is 6.04 Å². The number of cyclic esters (lactones) is 1. The summed E-state index contributed by atoms with van der Waals surface area (Å²) in [6.07, 6.45) is 0.648. The van der Waals surface area contributed by atoms with Gasteiger partial charge in [-0.25, -0.2) is 4.79 Å². The highest BCUT2D eigenvalue weighted by Crippen LogP contribution is 2.37. The molecule has 3 nitrogen and oxygen atoms in total. The van der Waals surface area contributed by atoms with Gasteiger partial charge in [0, 0.05) is 0 Å². The minimum Gasteiger partial charge on any atom is -0.447 e. The fourth-order valence-corrected chi connectivity index (χ4v) is 2.95. The lowest BCUT2D eigenvalue weighted by Crippen LogP contribution is -2.18. The van der Waals surface area contributed by atoms with Crippen LogP contribution >= 0.6 is 12.4 Å². The van der Waals surface area contributed by atoms with Gasteiger partial charge in [0.25, 0.3) is 0 Å². The van der Waals surface area contributed by atoms with Crippen molar-refractivity contribution >= 4 is 18.5 Å². The maximum Gasteiger partial charge on any atom is 0.407 e. The average molecular weight is 288 g/mol. The lowest BCUT2D eigenvalue weighted by Gasteiger charge is -2.09. The molecule has 1 N–H and O–H groups in total. The van der Waals surface area contributed by atoms with Crippen molar-refractivity contribution in [3.8, 4) is 11.1 Å². The van der Waals surface area contributed by atoms with Gasteiger partial charge in [-0.1, -0.05) is 42.5 Å². The zero-order chi connectivity index (χ0) is 12.8. The SMILES string of the molecule is Cl.O=C1N[C@H](c2ccc3c(c2)Cc2ccccc2-3)CO1. The third-order valence-electron chi connectivity index (χ3n) is 3.89. The molecule has 1 aliphatic heterocycles. The van der Waals surface area contributed by atoms with Gasteiger partial charge in [0.2, 0.25) is 0 Å². The van der Waals surface area contributed by atoms with Crippen molar-refractivity contribution in [2.75, 3.05) is 6.61 Å². The lowest BCUT2D eigenvalue weighted by atomic mass is 10.0. The van der Waals surface area contributed by atoms with Crippen molar-refractivity contribution in [1.82, 2.24) is 5.32 Å². The van der Waals surface area contributed by atoms with Gasteiger partial charge in [0.15, 0.2) is 0 Å². The zero-order valence-electron chi connectivity index (χ0n) is 10.8. The Morgan fingerprint density at radius 1 is 1.05 bits per heavy atom. The van der Waals surface area contributed by atoms with Crippen molar-refractivity contribution in [3.05, 3.63) is 59.2 Å². The Labute approximate surface area is 123 Å². The molecule has 0 saturated carbocycles. The van der Waals surface area contributed by atoms with Crippen LogP contribution in [-0.4, -0.2) is 12.7 Å². The number of amides is 1. The number of rotatable bonds is 1. The summed E-state index contributed by atoms with van der Waals surface area (Å²) in [5.41, 5.74) is 6.47. The first kappa shape index (κ1) is 13.0. The Balaban J connectivity index is 0.00000121. The molecule has 1 aliphatic carbocycles. The first-order valence-corrected chi connectivity index (χ1v) is 6.46. The van der Waals surface area contributed by atoms with E-state index in [1.807, 2.05) is 0 Å². The van der Waals surface area contributed by atoms with Gasteiger partial charge >= 0.3 is 6.09 Å². The maximum absolute atomic E-state index is 11.1. The van der Waals surface area contributed by atoms with Crippen LogP contribution in [0.3, 0.4) is 0 Å². The van der Waals surface area contributed by atoms with E-state index >= 15 is 0 Å². The number of carbonyl (C=O) groups is 1. The molecule has 0 radical (unpaired) electrons. The molecule has 1 atom stereocenters. The van der Waals surface area contributed by atoms with Crippen LogP contribution < -0.4 is 5.32 Å². The molecule has 0 aromatic heterocycles. The molecule has 0 unspecified atom stereocenters. The van der Waals surface area contributed by atoms with Gasteiger partial charge in [-0.3, -0.25) is 0 Å². The summed E-state index contributed by atoms with van der Waals surface area (Å²) in [5.74, 6) is 0. The Bertz CT molecular complexity index is 684. The van der Waals surface area contributed by atoms with E-state index in [9.17, 15) is 4.79 Å². The Hall–Kier alpha value is -2.00. The number of ether oxygens (including phenoxy) is 1. The first-order chi connectivity index (χ1) is 9.31. The second-order valence-corrected chi connectivity index (χ2v) is 5.05. The number of fused-ring (bicyclic) bond motifs is 3. The number of halogens is 1. The number of benzene rings is 2. The summed E-state index contributed by atoms with van der Waals surface area (Å²) < 4.78 is 4.95. The van der Waals surface area contributed by atoms with Crippen LogP contribution in [0.4, 0.5) is 4.79 Å². The summed E-state index contributed by atoms with van der Waals surface area (Å²) >= 11 is 0. The van der Waals surface area contributed by atoms with E-state index < -0.39 is 0 Å². The normalized spacial score (nSPS) is 18.6. The van der Waals surface area contributed by atoms with Crippen molar-refractivity contribution in [2.24, 2.45) is 0 Å². The molecule has 4 heteroatoms. The van der Waals surface area contributed by atoms with Crippen molar-refractivity contribution < 1.29 is 9.53 Å². The smallest absolute Gasteiger partial charge is 0.407 e. The highest BCUT2D eigenvalue weighted by atomic mass is 35.5. The van der Waals surface area contributed by atoms with Crippen LogP contribution in [0.2, 0.25) is 0 Å². The largest absolute Gasteiger partial charge is 0.447 e. The van der Waals surface area contributed by atoms with E-state index in [0.717, 1.165) is 12.0 Å². The number of hydrogen-bond acceptors (Lipinski definition) is 2. The lowest BCUT2D eigenvalue weighted by molar-refractivity contribution is 0.177. The number of carbonyl (C=O) groups excluding carboxylic acids is 1. The molecule has 20 heavy (non-hydrogen) atoms. The minimum absolute atomic E-state index is 0. The van der Waals surface area contributed by atoms with Crippen LogP contribution in [0.5, 0.6) is 0 Å². The van der Waals surface area contributed by atoms with Gasteiger partial charge in [-0.15, -0.1) is 12.4 Å². The van der Waals surface area contributed by atoms with Crippen molar-refractivity contribution in [2.45, 2.75) is 12.5 Å². The van der Waals surface area contributed by atoms with E-state index in [1.54, 1.807) is 0 Å². The fraction of sp³-hybridized carbons (Fsp3) is 0.188. The van der Waals surface area contributed by atoms with E-state index in [2.05, 4.69) is 47.8 Å². The summed E-state index contributed by atoms with van der Waals surface area (Å²) in [7, 11) is 0. The molecule has 102 valence electrons. The Morgan fingerprint density at radius 3 is 2.65 bits per heavy atom. The number of nitrogens with one attached hydrogen (secondary N) is 1. The fourth-order valence-electron chi connectivity index (χ4n) is 2.95. The highest BCUT2D eigenvalue weighted by Gasteiger charge is 2.25. The third kappa shape index (κ3) is 1.95. The van der Waals surface area contributed by atoms with Crippen LogP contribution in [0, 0.1) is 0 Å². The van der Waals surface area contributed by atoms with E-state index in [-0.39, 0.29) is 24.5 Å². The zero-order valence-corrected chi connectivity index (χ0v) is 11.6. The molecule has 1 saturated heterocycles. The molecule has 2 aromatic rings. The molecule has 1 amide bonds. The predicted molar refractivity (Wildman–Crippen MR) is 79.2 cm³/mol. The molecule has 0 bridgehead atoms. The van der Waals surface area contributed by atoms with Crippen LogP contribution in [0.1, 0.15) is 22.7 Å². The molecule has 4 rings (SSSR count). The topological polar surface area (TPSA) is 38.3 Å². The molecule has 1 heterocycles. The number of hydrogen-bond donors (Lipinski definition) is 1. The van der Waals surface area contributed by atoms with Crippen LogP contribution in [-0.2, 0) is 11.2 Å². The second kappa shape index (κ2) is 4.84. The Kier molecular flexibility index (Phi) is 3.14. The van der Waals surface area contributed by atoms with E-state index in [0.29, 0.717) is 6.61 Å². The van der Waals surface area contributed by atoms with Gasteiger partial charge in [0.1, 0.15) is 6.61 Å². The standard InChI is InChI=1S/C16H13NO2.ClH/c18-16-17-15(9-19-16)11-5-6-14-12(8-11)7-10-3-1-2-4-13(10)14;/h1-6,8,15H,7,9H2,(H,17,18);1H/t15-;/m0./s1. The van der Waals surface area contributed by atoms with Gasteiger partial charge < -0.3 is 10.1 Å². The van der Waals surface area contributed by atoms with Crippen LogP contribution in [0.15, 0.2) is 42.5 Å². The quantitative estimate of drug-likeness (QED) is 0.744. The monoisotopic (exact) mass is 287 g/mol. The van der Waals surface area contributed by atoms with Gasteiger partial charge in [-0.05, 0) is 34.2 Å². The second-order valence-electron chi connectivity index (χ2n) is 5.05. The van der Waals surface area contributed by atoms with E-state index in [1.165, 1.54) is 22.3 Å². The minimum atomic E-state index is -0.325. The summed E-state index contributed by atoms with van der Waals surface area (Å²) in [6.45, 7) is 0.421. The average Bonchev–Trinajstić information content (AvgIpc) is 3.01. The number of alkyl carbamates (subject to hydrolysis) is 1. The molecular formula is C16H14ClNO2. The molecule has 2 aromatic carbocycles. The third-order valence-corrected chi connectivity index (χ3v) is 3.89. The molecule has 2 aliphatic rings.